The van der Waals surface area contributed by atoms with Crippen LogP contribution in [0.3, 0.4) is 0 Å². The van der Waals surface area contributed by atoms with Gasteiger partial charge in [-0.2, -0.15) is 0 Å². The van der Waals surface area contributed by atoms with Gasteiger partial charge in [0.15, 0.2) is 0 Å². The summed E-state index contributed by atoms with van der Waals surface area (Å²) in [5.41, 5.74) is 2.12. The Balaban J connectivity index is 2.28. The fourth-order valence-corrected chi connectivity index (χ4v) is 3.60. The lowest BCUT2D eigenvalue weighted by Gasteiger charge is -2.12. The van der Waals surface area contributed by atoms with Crippen molar-refractivity contribution in [2.24, 2.45) is 0 Å². The van der Waals surface area contributed by atoms with E-state index in [1.807, 2.05) is 30.3 Å². The van der Waals surface area contributed by atoms with Gasteiger partial charge in [-0.25, -0.2) is 4.79 Å². The third-order valence-corrected chi connectivity index (χ3v) is 5.01. The van der Waals surface area contributed by atoms with Crippen LogP contribution in [0.4, 0.5) is 0 Å². The Bertz CT molecular complexity index is 760. The third-order valence-electron chi connectivity index (χ3n) is 3.23. The van der Waals surface area contributed by atoms with E-state index >= 15 is 0 Å². The lowest BCUT2D eigenvalue weighted by molar-refractivity contribution is -0.133. The van der Waals surface area contributed by atoms with Crippen LogP contribution in [0.25, 0.3) is 5.57 Å². The standard InChI is InChI=1S/C18H16Cl2O3S/c1-22-10-15(18(21)23-2)14-6-4-3-5-12(14)11-24-17-8-7-13(19)9-16(17)20/h3-10H,11H2,1-2H3/b15-10+. The van der Waals surface area contributed by atoms with Gasteiger partial charge >= 0.3 is 5.97 Å². The fourth-order valence-electron chi connectivity index (χ4n) is 2.11. The molecule has 3 nitrogen and oxygen atoms in total. The number of esters is 1. The van der Waals surface area contributed by atoms with Crippen LogP contribution in [0.1, 0.15) is 11.1 Å². The van der Waals surface area contributed by atoms with Gasteiger partial charge in [0.2, 0.25) is 0 Å². The molecular formula is C18H16Cl2O3S. The van der Waals surface area contributed by atoms with Crippen LogP contribution in [-0.4, -0.2) is 20.2 Å². The molecule has 0 spiro atoms. The highest BCUT2D eigenvalue weighted by Crippen LogP contribution is 2.33. The molecule has 2 aromatic rings. The van der Waals surface area contributed by atoms with Crippen molar-refractivity contribution >= 4 is 46.5 Å². The molecule has 0 aromatic heterocycles. The van der Waals surface area contributed by atoms with Crippen LogP contribution in [0.2, 0.25) is 10.0 Å². The van der Waals surface area contributed by atoms with E-state index in [4.69, 9.17) is 32.7 Å². The Labute approximate surface area is 155 Å². The van der Waals surface area contributed by atoms with Gasteiger partial charge in [0, 0.05) is 15.7 Å². The number of hydrogen-bond acceptors (Lipinski definition) is 4. The maximum absolute atomic E-state index is 12.0. The normalized spacial score (nSPS) is 11.2. The lowest BCUT2D eigenvalue weighted by Crippen LogP contribution is -2.06. The maximum atomic E-state index is 12.0. The predicted molar refractivity (Wildman–Crippen MR) is 99.5 cm³/mol. The number of benzene rings is 2. The molecule has 2 aromatic carbocycles. The van der Waals surface area contributed by atoms with Crippen LogP contribution >= 0.6 is 35.0 Å². The molecule has 0 radical (unpaired) electrons. The molecule has 6 heteroatoms. The molecule has 0 atom stereocenters. The first-order chi connectivity index (χ1) is 11.6. The van der Waals surface area contributed by atoms with E-state index in [0.29, 0.717) is 21.4 Å². The summed E-state index contributed by atoms with van der Waals surface area (Å²) in [6.07, 6.45) is 1.39. The summed E-state index contributed by atoms with van der Waals surface area (Å²) in [6, 6.07) is 13.0. The zero-order chi connectivity index (χ0) is 17.5. The van der Waals surface area contributed by atoms with Crippen molar-refractivity contribution in [1.29, 1.82) is 0 Å². The van der Waals surface area contributed by atoms with Crippen LogP contribution in [0, 0.1) is 0 Å². The molecule has 0 aliphatic carbocycles. The minimum absolute atomic E-state index is 0.374. The van der Waals surface area contributed by atoms with Crippen molar-refractivity contribution in [3.63, 3.8) is 0 Å². The van der Waals surface area contributed by atoms with Crippen molar-refractivity contribution < 1.29 is 14.3 Å². The second-order valence-electron chi connectivity index (χ2n) is 4.78. The SMILES string of the molecule is CO/C=C(/C(=O)OC)c1ccccc1CSc1ccc(Cl)cc1Cl. The van der Waals surface area contributed by atoms with Gasteiger partial charge in [-0.1, -0.05) is 47.5 Å². The van der Waals surface area contributed by atoms with Gasteiger partial charge in [-0.05, 0) is 29.3 Å². The molecule has 0 saturated heterocycles. The smallest absolute Gasteiger partial charge is 0.341 e. The summed E-state index contributed by atoms with van der Waals surface area (Å²) < 4.78 is 9.87. The van der Waals surface area contributed by atoms with Crippen molar-refractivity contribution in [1.82, 2.24) is 0 Å². The van der Waals surface area contributed by atoms with E-state index in [2.05, 4.69) is 0 Å². The highest BCUT2D eigenvalue weighted by molar-refractivity contribution is 7.98. The summed E-state index contributed by atoms with van der Waals surface area (Å²) in [6.45, 7) is 0. The number of halogens is 2. The second-order valence-corrected chi connectivity index (χ2v) is 6.64. The minimum atomic E-state index is -0.446. The fraction of sp³-hybridized carbons (Fsp3) is 0.167. The predicted octanol–water partition coefficient (Wildman–Crippen LogP) is 5.45. The van der Waals surface area contributed by atoms with Crippen LogP contribution in [0.15, 0.2) is 53.6 Å². The van der Waals surface area contributed by atoms with Gasteiger partial charge in [0.05, 0.1) is 25.5 Å². The number of carbonyl (C=O) groups is 1. The average Bonchev–Trinajstić information content (AvgIpc) is 2.59. The lowest BCUT2D eigenvalue weighted by atomic mass is 10.0. The number of thioether (sulfide) groups is 1. The average molecular weight is 383 g/mol. The number of rotatable bonds is 6. The number of methoxy groups -OCH3 is 2. The molecule has 0 N–H and O–H groups in total. The highest BCUT2D eigenvalue weighted by Gasteiger charge is 2.16. The monoisotopic (exact) mass is 382 g/mol. The van der Waals surface area contributed by atoms with Gasteiger partial charge in [-0.3, -0.25) is 0 Å². The third kappa shape index (κ3) is 4.69. The second kappa shape index (κ2) is 9.02. The van der Waals surface area contributed by atoms with E-state index in [0.717, 1.165) is 16.0 Å². The molecule has 0 aliphatic rings. The number of carbonyl (C=O) groups excluding carboxylic acids is 1. The van der Waals surface area contributed by atoms with Gasteiger partial charge < -0.3 is 9.47 Å². The highest BCUT2D eigenvalue weighted by atomic mass is 35.5. The Morgan fingerprint density at radius 1 is 1.17 bits per heavy atom. The molecule has 0 bridgehead atoms. The molecule has 24 heavy (non-hydrogen) atoms. The first kappa shape index (κ1) is 18.7. The maximum Gasteiger partial charge on any atom is 0.341 e. The van der Waals surface area contributed by atoms with Crippen LogP contribution in [0.5, 0.6) is 0 Å². The Hall–Kier alpha value is -1.62. The number of ether oxygens (including phenoxy) is 2. The minimum Gasteiger partial charge on any atom is -0.503 e. The van der Waals surface area contributed by atoms with Crippen molar-refractivity contribution in [2.45, 2.75) is 10.6 Å². The molecule has 0 aliphatic heterocycles. The summed E-state index contributed by atoms with van der Waals surface area (Å²) in [5, 5.41) is 1.20. The molecule has 2 rings (SSSR count). The summed E-state index contributed by atoms with van der Waals surface area (Å²) >= 11 is 13.7. The van der Waals surface area contributed by atoms with Crippen molar-refractivity contribution in [3.8, 4) is 0 Å². The van der Waals surface area contributed by atoms with E-state index in [1.54, 1.807) is 23.9 Å². The molecule has 0 amide bonds. The molecular weight excluding hydrogens is 367 g/mol. The Morgan fingerprint density at radius 3 is 2.58 bits per heavy atom. The molecule has 0 saturated carbocycles. The summed E-state index contributed by atoms with van der Waals surface area (Å²) in [7, 11) is 2.84. The van der Waals surface area contributed by atoms with Crippen LogP contribution < -0.4 is 0 Å². The first-order valence-corrected chi connectivity index (χ1v) is 8.78. The van der Waals surface area contributed by atoms with Crippen molar-refractivity contribution in [3.05, 3.63) is 69.9 Å². The molecule has 0 fully saturated rings. The van der Waals surface area contributed by atoms with Gasteiger partial charge in [0.25, 0.3) is 0 Å². The van der Waals surface area contributed by atoms with E-state index < -0.39 is 5.97 Å². The zero-order valence-electron chi connectivity index (χ0n) is 13.2. The quantitative estimate of drug-likeness (QED) is 0.288. The Kier molecular flexibility index (Phi) is 7.03. The van der Waals surface area contributed by atoms with E-state index in [1.165, 1.54) is 20.5 Å². The number of hydrogen-bond donors (Lipinski definition) is 0. The summed E-state index contributed by atoms with van der Waals surface area (Å²) in [5.74, 6) is 0.189. The zero-order valence-corrected chi connectivity index (χ0v) is 15.5. The van der Waals surface area contributed by atoms with Crippen molar-refractivity contribution in [2.75, 3.05) is 14.2 Å². The van der Waals surface area contributed by atoms with E-state index in [9.17, 15) is 4.79 Å². The van der Waals surface area contributed by atoms with Gasteiger partial charge in [-0.15, -0.1) is 11.8 Å². The molecule has 0 unspecified atom stereocenters. The Morgan fingerprint density at radius 2 is 1.92 bits per heavy atom. The largest absolute Gasteiger partial charge is 0.503 e. The van der Waals surface area contributed by atoms with Gasteiger partial charge in [0.1, 0.15) is 5.57 Å². The molecule has 0 heterocycles. The first-order valence-electron chi connectivity index (χ1n) is 7.04. The topological polar surface area (TPSA) is 35.5 Å². The van der Waals surface area contributed by atoms with Crippen LogP contribution in [-0.2, 0) is 20.0 Å². The summed E-state index contributed by atoms with van der Waals surface area (Å²) in [4.78, 5) is 12.9. The molecule has 126 valence electrons. The van der Waals surface area contributed by atoms with E-state index in [-0.39, 0.29) is 0 Å².